The van der Waals surface area contributed by atoms with Crippen LogP contribution >= 0.6 is 0 Å². The predicted octanol–water partition coefficient (Wildman–Crippen LogP) is 2.69. The van der Waals surface area contributed by atoms with Crippen LogP contribution in [0.2, 0.25) is 0 Å². The van der Waals surface area contributed by atoms with Gasteiger partial charge >= 0.3 is 0 Å². The van der Waals surface area contributed by atoms with E-state index in [1.54, 1.807) is 6.20 Å². The Bertz CT molecular complexity index is 841. The zero-order chi connectivity index (χ0) is 17.9. The van der Waals surface area contributed by atoms with E-state index in [-0.39, 0.29) is 6.04 Å². The average Bonchev–Trinajstić information content (AvgIpc) is 3.30. The maximum absolute atomic E-state index is 5.90. The lowest BCUT2D eigenvalue weighted by molar-refractivity contribution is 0.134. The van der Waals surface area contributed by atoms with Gasteiger partial charge in [0, 0.05) is 55.9 Å². The molecule has 0 aromatic carbocycles. The number of aromatic nitrogens is 5. The zero-order valence-corrected chi connectivity index (χ0v) is 15.2. The summed E-state index contributed by atoms with van der Waals surface area (Å²) in [6.07, 6.45) is 9.69. The summed E-state index contributed by atoms with van der Waals surface area (Å²) in [7, 11) is 0. The Kier molecular flexibility index (Phi) is 4.71. The van der Waals surface area contributed by atoms with Gasteiger partial charge in [-0.25, -0.2) is 9.97 Å². The molecule has 0 saturated carbocycles. The summed E-state index contributed by atoms with van der Waals surface area (Å²) in [6, 6.07) is 6.30. The van der Waals surface area contributed by atoms with Crippen LogP contribution in [0.5, 0.6) is 5.88 Å². The lowest BCUT2D eigenvalue weighted by Gasteiger charge is -2.34. The van der Waals surface area contributed by atoms with Gasteiger partial charge in [0.05, 0.1) is 24.3 Å². The molecule has 26 heavy (non-hydrogen) atoms. The number of hydrogen-bond acceptors (Lipinski definition) is 5. The highest BCUT2D eigenvalue weighted by molar-refractivity contribution is 5.11. The Morgan fingerprint density at radius 2 is 2.19 bits per heavy atom. The first-order valence-electron chi connectivity index (χ1n) is 8.99. The normalized spacial score (nSPS) is 17.4. The van der Waals surface area contributed by atoms with Gasteiger partial charge in [-0.15, -0.1) is 0 Å². The van der Waals surface area contributed by atoms with Gasteiger partial charge in [0.25, 0.3) is 0 Å². The molecule has 0 spiro atoms. The number of ether oxygens (including phenoxy) is 1. The second kappa shape index (κ2) is 7.29. The first-order valence-corrected chi connectivity index (χ1v) is 8.99. The number of imidazole rings is 1. The highest BCUT2D eigenvalue weighted by Crippen LogP contribution is 2.23. The van der Waals surface area contributed by atoms with E-state index in [9.17, 15) is 0 Å². The van der Waals surface area contributed by atoms with Crippen LogP contribution in [0, 0.1) is 0 Å². The summed E-state index contributed by atoms with van der Waals surface area (Å²) in [6.45, 7) is 7.51. The third-order valence-electron chi connectivity index (χ3n) is 4.65. The quantitative estimate of drug-likeness (QED) is 0.683. The molecule has 1 aliphatic rings. The minimum Gasteiger partial charge on any atom is -0.475 e. The van der Waals surface area contributed by atoms with Crippen LogP contribution in [0.3, 0.4) is 0 Å². The van der Waals surface area contributed by atoms with Gasteiger partial charge in [-0.2, -0.15) is 5.10 Å². The molecule has 0 unspecified atom stereocenters. The molecule has 7 nitrogen and oxygen atoms in total. The van der Waals surface area contributed by atoms with Gasteiger partial charge in [0.15, 0.2) is 0 Å². The van der Waals surface area contributed by atoms with E-state index in [0.717, 1.165) is 19.6 Å². The van der Waals surface area contributed by atoms with Crippen molar-refractivity contribution in [2.45, 2.75) is 39.0 Å². The van der Waals surface area contributed by atoms with Gasteiger partial charge in [-0.05, 0) is 19.9 Å². The Balaban J connectivity index is 1.45. The molecule has 0 radical (unpaired) electrons. The molecule has 1 aliphatic heterocycles. The molecular formula is C19H24N6O. The summed E-state index contributed by atoms with van der Waals surface area (Å²) >= 11 is 0. The Hall–Kier alpha value is -2.67. The molecule has 0 N–H and O–H groups in total. The maximum Gasteiger partial charge on any atom is 0.213 e. The molecule has 4 rings (SSSR count). The highest BCUT2D eigenvalue weighted by Gasteiger charge is 2.26. The van der Waals surface area contributed by atoms with Crippen LogP contribution in [-0.2, 0) is 13.1 Å². The van der Waals surface area contributed by atoms with Crippen molar-refractivity contribution in [1.82, 2.24) is 29.2 Å². The van der Waals surface area contributed by atoms with E-state index in [1.807, 2.05) is 41.6 Å². The number of nitrogens with zero attached hydrogens (tertiary/aromatic N) is 6. The van der Waals surface area contributed by atoms with Gasteiger partial charge in [-0.1, -0.05) is 6.07 Å². The molecule has 0 saturated heterocycles. The SMILES string of the molecule is CC(C)n1cc(CN2Cc3cncn3[C@H](COc3ccccn3)C2)cn1. The maximum atomic E-state index is 5.90. The van der Waals surface area contributed by atoms with Gasteiger partial charge in [0.2, 0.25) is 5.88 Å². The average molecular weight is 352 g/mol. The minimum absolute atomic E-state index is 0.211. The van der Waals surface area contributed by atoms with Crippen molar-refractivity contribution in [3.05, 3.63) is 60.6 Å². The standard InChI is InChI=1S/C19H24N6O/c1-15(2)25-10-16(7-22-25)9-23-11-17-8-20-14-24(17)18(12-23)13-26-19-5-3-4-6-21-19/h3-8,10,14-15,18H,9,11-13H2,1-2H3/t18-/m0/s1. The van der Waals surface area contributed by atoms with Crippen molar-refractivity contribution < 1.29 is 4.74 Å². The number of hydrogen-bond donors (Lipinski definition) is 0. The molecule has 4 heterocycles. The largest absolute Gasteiger partial charge is 0.475 e. The third kappa shape index (κ3) is 3.62. The second-order valence-corrected chi connectivity index (χ2v) is 7.02. The number of fused-ring (bicyclic) bond motifs is 1. The molecule has 0 aliphatic carbocycles. The number of rotatable bonds is 6. The Morgan fingerprint density at radius 3 is 2.96 bits per heavy atom. The molecule has 136 valence electrons. The molecule has 3 aromatic rings. The summed E-state index contributed by atoms with van der Waals surface area (Å²) in [4.78, 5) is 11.0. The highest BCUT2D eigenvalue weighted by atomic mass is 16.5. The Morgan fingerprint density at radius 1 is 1.27 bits per heavy atom. The van der Waals surface area contributed by atoms with Crippen LogP contribution in [0.4, 0.5) is 0 Å². The second-order valence-electron chi connectivity index (χ2n) is 7.02. The van der Waals surface area contributed by atoms with E-state index in [0.29, 0.717) is 18.5 Å². The van der Waals surface area contributed by atoms with Gasteiger partial charge in [-0.3, -0.25) is 9.58 Å². The first kappa shape index (κ1) is 16.8. The number of pyridine rings is 1. The van der Waals surface area contributed by atoms with Crippen molar-refractivity contribution in [3.63, 3.8) is 0 Å². The summed E-state index contributed by atoms with van der Waals surface area (Å²) < 4.78 is 10.1. The van der Waals surface area contributed by atoms with Crippen molar-refractivity contribution in [3.8, 4) is 5.88 Å². The molecular weight excluding hydrogens is 328 g/mol. The smallest absolute Gasteiger partial charge is 0.213 e. The minimum atomic E-state index is 0.211. The summed E-state index contributed by atoms with van der Waals surface area (Å²) in [5.74, 6) is 0.657. The van der Waals surface area contributed by atoms with Gasteiger partial charge < -0.3 is 9.30 Å². The lowest BCUT2D eigenvalue weighted by atomic mass is 10.2. The Labute approximate surface area is 153 Å². The monoisotopic (exact) mass is 352 g/mol. The molecule has 7 heteroatoms. The summed E-state index contributed by atoms with van der Waals surface area (Å²) in [5, 5.41) is 4.45. The van der Waals surface area contributed by atoms with Crippen molar-refractivity contribution in [2.75, 3.05) is 13.2 Å². The lowest BCUT2D eigenvalue weighted by Crippen LogP contribution is -2.38. The molecule has 0 fully saturated rings. The van der Waals surface area contributed by atoms with Crippen LogP contribution in [-0.4, -0.2) is 42.4 Å². The van der Waals surface area contributed by atoms with E-state index in [2.05, 4.69) is 44.6 Å². The van der Waals surface area contributed by atoms with E-state index < -0.39 is 0 Å². The fourth-order valence-electron chi connectivity index (χ4n) is 3.33. The first-order chi connectivity index (χ1) is 12.7. The van der Waals surface area contributed by atoms with Crippen molar-refractivity contribution >= 4 is 0 Å². The van der Waals surface area contributed by atoms with E-state index >= 15 is 0 Å². The fourth-order valence-corrected chi connectivity index (χ4v) is 3.33. The van der Waals surface area contributed by atoms with Gasteiger partial charge in [0.1, 0.15) is 6.61 Å². The van der Waals surface area contributed by atoms with Crippen molar-refractivity contribution in [1.29, 1.82) is 0 Å². The molecule has 3 aromatic heterocycles. The topological polar surface area (TPSA) is 61.0 Å². The van der Waals surface area contributed by atoms with Crippen LogP contribution in [0.15, 0.2) is 49.3 Å². The predicted molar refractivity (Wildman–Crippen MR) is 97.7 cm³/mol. The summed E-state index contributed by atoms with van der Waals surface area (Å²) in [5.41, 5.74) is 2.44. The van der Waals surface area contributed by atoms with Crippen LogP contribution < -0.4 is 4.74 Å². The fraction of sp³-hybridized carbons (Fsp3) is 0.421. The third-order valence-corrected chi connectivity index (χ3v) is 4.65. The zero-order valence-electron chi connectivity index (χ0n) is 15.2. The van der Waals surface area contributed by atoms with Crippen LogP contribution in [0.25, 0.3) is 0 Å². The molecule has 0 bridgehead atoms. The van der Waals surface area contributed by atoms with Crippen LogP contribution in [0.1, 0.15) is 37.2 Å². The molecule has 1 atom stereocenters. The van der Waals surface area contributed by atoms with Crippen molar-refractivity contribution in [2.24, 2.45) is 0 Å². The molecule has 0 amide bonds. The van der Waals surface area contributed by atoms with E-state index in [4.69, 9.17) is 4.74 Å². The van der Waals surface area contributed by atoms with E-state index in [1.165, 1.54) is 11.3 Å².